The van der Waals surface area contributed by atoms with E-state index in [1.54, 1.807) is 7.11 Å². The van der Waals surface area contributed by atoms with Crippen molar-refractivity contribution < 1.29 is 18.7 Å². The average Bonchev–Trinajstić information content (AvgIpc) is 2.63. The quantitative estimate of drug-likeness (QED) is 0.585. The molecule has 1 aliphatic heterocycles. The number of amides is 2. The Kier molecular flexibility index (Phi) is 4.27. The van der Waals surface area contributed by atoms with Crippen molar-refractivity contribution in [1.29, 1.82) is 0 Å². The number of rotatable bonds is 6. The molecule has 2 rings (SSSR count). The molecule has 1 aromatic rings. The highest BCUT2D eigenvalue weighted by atomic mass is 19.1. The summed E-state index contributed by atoms with van der Waals surface area (Å²) in [5, 5.41) is 0. The molecule has 5 heteroatoms. The number of hydrogen-bond donors (Lipinski definition) is 0. The molecule has 2 amide bonds. The van der Waals surface area contributed by atoms with Crippen LogP contribution >= 0.6 is 0 Å². The predicted octanol–water partition coefficient (Wildman–Crippen LogP) is 2.24. The Morgan fingerprint density at radius 1 is 1.11 bits per heavy atom. The van der Waals surface area contributed by atoms with E-state index in [0.717, 1.165) is 25.3 Å². The molecule has 0 radical (unpaired) electrons. The van der Waals surface area contributed by atoms with Crippen molar-refractivity contribution in [3.8, 4) is 0 Å². The van der Waals surface area contributed by atoms with Gasteiger partial charge in [0, 0.05) is 20.3 Å². The summed E-state index contributed by atoms with van der Waals surface area (Å²) >= 11 is 0. The summed E-state index contributed by atoms with van der Waals surface area (Å²) in [5.74, 6) is -1.22. The second kappa shape index (κ2) is 5.93. The van der Waals surface area contributed by atoms with Crippen molar-refractivity contribution >= 4 is 11.8 Å². The van der Waals surface area contributed by atoms with Crippen LogP contribution in [0.15, 0.2) is 18.2 Å². The van der Waals surface area contributed by atoms with Gasteiger partial charge in [0.25, 0.3) is 11.8 Å². The van der Waals surface area contributed by atoms with Gasteiger partial charge in [-0.15, -0.1) is 0 Å². The number of fused-ring (bicyclic) bond motifs is 1. The van der Waals surface area contributed by atoms with Crippen LogP contribution < -0.4 is 0 Å². The highest BCUT2D eigenvalue weighted by Crippen LogP contribution is 2.23. The summed E-state index contributed by atoms with van der Waals surface area (Å²) in [7, 11) is 1.64. The summed E-state index contributed by atoms with van der Waals surface area (Å²) in [6, 6.07) is 3.70. The maximum atomic E-state index is 13.1. The van der Waals surface area contributed by atoms with Gasteiger partial charge >= 0.3 is 0 Å². The van der Waals surface area contributed by atoms with E-state index in [-0.39, 0.29) is 11.5 Å². The zero-order chi connectivity index (χ0) is 13.8. The van der Waals surface area contributed by atoms with Crippen LogP contribution in [0.2, 0.25) is 0 Å². The van der Waals surface area contributed by atoms with Gasteiger partial charge in [0.2, 0.25) is 0 Å². The van der Waals surface area contributed by atoms with Crippen molar-refractivity contribution in [1.82, 2.24) is 4.90 Å². The van der Waals surface area contributed by atoms with Gasteiger partial charge in [-0.3, -0.25) is 14.5 Å². The fourth-order valence-electron chi connectivity index (χ4n) is 2.16. The maximum absolute atomic E-state index is 13.1. The van der Waals surface area contributed by atoms with Gasteiger partial charge in [0.05, 0.1) is 11.1 Å². The summed E-state index contributed by atoms with van der Waals surface area (Å²) < 4.78 is 18.0. The first-order chi connectivity index (χ1) is 9.15. The lowest BCUT2D eigenvalue weighted by molar-refractivity contribution is 0.0650. The third-order valence-electron chi connectivity index (χ3n) is 3.16. The van der Waals surface area contributed by atoms with E-state index >= 15 is 0 Å². The molecule has 0 bridgehead atoms. The van der Waals surface area contributed by atoms with E-state index in [9.17, 15) is 14.0 Å². The summed E-state index contributed by atoms with van der Waals surface area (Å²) in [5.41, 5.74) is 0.463. The van der Waals surface area contributed by atoms with Crippen LogP contribution in [-0.4, -0.2) is 37.0 Å². The Labute approximate surface area is 111 Å². The average molecular weight is 265 g/mol. The topological polar surface area (TPSA) is 46.6 Å². The highest BCUT2D eigenvalue weighted by Gasteiger charge is 2.35. The molecule has 0 atom stereocenters. The van der Waals surface area contributed by atoms with E-state index in [1.165, 1.54) is 17.0 Å². The predicted molar refractivity (Wildman–Crippen MR) is 67.5 cm³/mol. The number of methoxy groups -OCH3 is 1. The van der Waals surface area contributed by atoms with Crippen LogP contribution in [0.1, 0.15) is 40.0 Å². The van der Waals surface area contributed by atoms with E-state index in [0.29, 0.717) is 18.7 Å². The van der Waals surface area contributed by atoms with Gasteiger partial charge in [-0.2, -0.15) is 0 Å². The fourth-order valence-corrected chi connectivity index (χ4v) is 2.16. The van der Waals surface area contributed by atoms with Gasteiger partial charge in [-0.1, -0.05) is 0 Å². The number of ether oxygens (including phenoxy) is 1. The second-order valence-corrected chi connectivity index (χ2v) is 4.51. The van der Waals surface area contributed by atoms with Crippen molar-refractivity contribution in [2.45, 2.75) is 19.3 Å². The van der Waals surface area contributed by atoms with Gasteiger partial charge in [0.15, 0.2) is 0 Å². The minimum atomic E-state index is -0.498. The number of benzene rings is 1. The van der Waals surface area contributed by atoms with Gasteiger partial charge in [-0.05, 0) is 37.5 Å². The molecule has 1 aromatic carbocycles. The van der Waals surface area contributed by atoms with Crippen molar-refractivity contribution in [2.24, 2.45) is 0 Å². The molecular weight excluding hydrogens is 249 g/mol. The van der Waals surface area contributed by atoms with E-state index in [4.69, 9.17) is 4.74 Å². The normalized spacial score (nSPS) is 14.1. The molecule has 0 saturated heterocycles. The second-order valence-electron chi connectivity index (χ2n) is 4.51. The van der Waals surface area contributed by atoms with Gasteiger partial charge in [-0.25, -0.2) is 4.39 Å². The first kappa shape index (κ1) is 13.7. The summed E-state index contributed by atoms with van der Waals surface area (Å²) in [6.07, 6.45) is 2.52. The zero-order valence-corrected chi connectivity index (χ0v) is 10.8. The first-order valence-corrected chi connectivity index (χ1v) is 6.30. The van der Waals surface area contributed by atoms with E-state index < -0.39 is 11.7 Å². The lowest BCUT2D eigenvalue weighted by Gasteiger charge is -2.13. The first-order valence-electron chi connectivity index (χ1n) is 6.30. The molecule has 0 N–H and O–H groups in total. The van der Waals surface area contributed by atoms with Crippen LogP contribution in [0, 0.1) is 5.82 Å². The summed E-state index contributed by atoms with van der Waals surface area (Å²) in [6.45, 7) is 1.05. The molecular formula is C14H16FNO3. The van der Waals surface area contributed by atoms with Crippen LogP contribution in [-0.2, 0) is 4.74 Å². The standard InChI is InChI=1S/C14H16FNO3/c1-19-8-4-2-3-7-16-13(17)11-6-5-10(15)9-12(11)14(16)18/h5-6,9H,2-4,7-8H2,1H3. The monoisotopic (exact) mass is 265 g/mol. The molecule has 0 saturated carbocycles. The lowest BCUT2D eigenvalue weighted by Crippen LogP contribution is -2.30. The number of hydrogen-bond acceptors (Lipinski definition) is 3. The van der Waals surface area contributed by atoms with Crippen LogP contribution in [0.3, 0.4) is 0 Å². The van der Waals surface area contributed by atoms with Crippen molar-refractivity contribution in [3.63, 3.8) is 0 Å². The molecule has 1 aliphatic rings. The Morgan fingerprint density at radius 2 is 1.84 bits per heavy atom. The van der Waals surface area contributed by atoms with Crippen molar-refractivity contribution in [3.05, 3.63) is 35.1 Å². The number of unbranched alkanes of at least 4 members (excludes halogenated alkanes) is 2. The molecule has 0 spiro atoms. The van der Waals surface area contributed by atoms with Crippen LogP contribution in [0.4, 0.5) is 4.39 Å². The zero-order valence-electron chi connectivity index (χ0n) is 10.8. The largest absolute Gasteiger partial charge is 0.385 e. The molecule has 102 valence electrons. The minimum Gasteiger partial charge on any atom is -0.385 e. The molecule has 0 fully saturated rings. The lowest BCUT2D eigenvalue weighted by atomic mass is 10.1. The molecule has 0 unspecified atom stereocenters. The number of halogens is 1. The van der Waals surface area contributed by atoms with E-state index in [2.05, 4.69) is 0 Å². The fraction of sp³-hybridized carbons (Fsp3) is 0.429. The van der Waals surface area contributed by atoms with Crippen LogP contribution in [0.25, 0.3) is 0 Å². The van der Waals surface area contributed by atoms with Crippen molar-refractivity contribution in [2.75, 3.05) is 20.3 Å². The Bertz CT molecular complexity index is 501. The highest BCUT2D eigenvalue weighted by molar-refractivity contribution is 6.21. The Balaban J connectivity index is 1.98. The molecule has 19 heavy (non-hydrogen) atoms. The van der Waals surface area contributed by atoms with Crippen LogP contribution in [0.5, 0.6) is 0 Å². The molecule has 4 nitrogen and oxygen atoms in total. The number of nitrogens with zero attached hydrogens (tertiary/aromatic N) is 1. The van der Waals surface area contributed by atoms with Gasteiger partial charge in [0.1, 0.15) is 5.82 Å². The summed E-state index contributed by atoms with van der Waals surface area (Å²) in [4.78, 5) is 25.2. The number of carbonyl (C=O) groups excluding carboxylic acids is 2. The van der Waals surface area contributed by atoms with E-state index in [1.807, 2.05) is 0 Å². The van der Waals surface area contributed by atoms with Gasteiger partial charge < -0.3 is 4.74 Å². The number of carbonyl (C=O) groups is 2. The number of imide groups is 1. The Hall–Kier alpha value is -1.75. The SMILES string of the molecule is COCCCCCN1C(=O)c2ccc(F)cc2C1=O. The molecule has 0 aliphatic carbocycles. The third kappa shape index (κ3) is 2.81. The smallest absolute Gasteiger partial charge is 0.261 e. The minimum absolute atomic E-state index is 0.168. The Morgan fingerprint density at radius 3 is 2.58 bits per heavy atom. The third-order valence-corrected chi connectivity index (χ3v) is 3.16. The molecule has 0 aromatic heterocycles. The maximum Gasteiger partial charge on any atom is 0.261 e. The molecule has 1 heterocycles.